The van der Waals surface area contributed by atoms with Crippen molar-refractivity contribution in [3.63, 3.8) is 0 Å². The Hall–Kier alpha value is -3.25. The van der Waals surface area contributed by atoms with Gasteiger partial charge in [-0.05, 0) is 42.3 Å². The first-order valence-electron chi connectivity index (χ1n) is 9.08. The van der Waals surface area contributed by atoms with Crippen LogP contribution in [0, 0.1) is 6.92 Å². The zero-order valence-corrected chi connectivity index (χ0v) is 16.8. The number of pyridine rings is 1. The molecule has 0 radical (unpaired) electrons. The standard InChI is InChI=1S/C20H14F8N2O3/c1-9-5-10(3-4-12(9)17(31)32-2)14-8-18(33-30-14,20(26,27)28)15-7-11(19(23,24)25)6-13(29-15)16(21)22/h3-7,16H,8H2,1-2H3. The number of rotatable bonds is 4. The molecule has 1 aliphatic rings. The third kappa shape index (κ3) is 4.48. The number of hydrogen-bond acceptors (Lipinski definition) is 5. The average molecular weight is 482 g/mol. The highest BCUT2D eigenvalue weighted by atomic mass is 19.4. The van der Waals surface area contributed by atoms with Crippen LogP contribution in [0.4, 0.5) is 35.1 Å². The minimum atomic E-state index is -5.37. The number of aryl methyl sites for hydroxylation is 1. The highest BCUT2D eigenvalue weighted by Gasteiger charge is 2.64. The highest BCUT2D eigenvalue weighted by molar-refractivity contribution is 6.03. The molecular weight excluding hydrogens is 468 g/mol. The van der Waals surface area contributed by atoms with E-state index in [0.29, 0.717) is 5.56 Å². The van der Waals surface area contributed by atoms with Gasteiger partial charge in [-0.15, -0.1) is 0 Å². The second-order valence-electron chi connectivity index (χ2n) is 7.12. The maximum atomic E-state index is 14.1. The van der Waals surface area contributed by atoms with E-state index < -0.39 is 53.7 Å². The van der Waals surface area contributed by atoms with Crippen molar-refractivity contribution in [2.24, 2.45) is 5.16 Å². The number of hydrogen-bond donors (Lipinski definition) is 0. The van der Waals surface area contributed by atoms with Gasteiger partial charge in [0.25, 0.3) is 12.0 Å². The van der Waals surface area contributed by atoms with E-state index in [-0.39, 0.29) is 29.0 Å². The Morgan fingerprint density at radius 3 is 2.30 bits per heavy atom. The first kappa shape index (κ1) is 24.4. The Kier molecular flexibility index (Phi) is 6.11. The number of halogens is 8. The fourth-order valence-electron chi connectivity index (χ4n) is 3.24. The number of benzene rings is 1. The summed E-state index contributed by atoms with van der Waals surface area (Å²) in [5.74, 6) is -0.694. The summed E-state index contributed by atoms with van der Waals surface area (Å²) < 4.78 is 113. The Labute approximate surface area is 181 Å². The first-order valence-corrected chi connectivity index (χ1v) is 9.08. The second kappa shape index (κ2) is 8.27. The summed E-state index contributed by atoms with van der Waals surface area (Å²) in [6, 6.07) is 3.82. The molecule has 0 saturated carbocycles. The van der Waals surface area contributed by atoms with Crippen molar-refractivity contribution in [2.45, 2.75) is 37.7 Å². The number of methoxy groups -OCH3 is 1. The van der Waals surface area contributed by atoms with Crippen LogP contribution in [0.1, 0.15) is 51.3 Å². The molecule has 0 bridgehead atoms. The van der Waals surface area contributed by atoms with Crippen LogP contribution >= 0.6 is 0 Å². The first-order chi connectivity index (χ1) is 15.2. The monoisotopic (exact) mass is 482 g/mol. The number of alkyl halides is 8. The van der Waals surface area contributed by atoms with E-state index in [1.807, 2.05) is 0 Å². The smallest absolute Gasteiger partial charge is 0.437 e. The molecule has 2 heterocycles. The van der Waals surface area contributed by atoms with Gasteiger partial charge in [0.1, 0.15) is 5.69 Å². The zero-order chi connectivity index (χ0) is 24.8. The largest absolute Gasteiger partial charge is 0.465 e. The van der Waals surface area contributed by atoms with Crippen LogP contribution in [0.25, 0.3) is 0 Å². The summed E-state index contributed by atoms with van der Waals surface area (Å²) in [4.78, 5) is 19.4. The van der Waals surface area contributed by atoms with Gasteiger partial charge in [-0.3, -0.25) is 0 Å². The second-order valence-corrected chi connectivity index (χ2v) is 7.12. The Bertz CT molecular complexity index is 1110. The van der Waals surface area contributed by atoms with Gasteiger partial charge in [-0.2, -0.15) is 26.3 Å². The summed E-state index contributed by atoms with van der Waals surface area (Å²) in [7, 11) is 1.14. The van der Waals surface area contributed by atoms with E-state index in [0.717, 1.165) is 7.11 Å². The molecule has 33 heavy (non-hydrogen) atoms. The van der Waals surface area contributed by atoms with Crippen molar-refractivity contribution in [3.8, 4) is 0 Å². The van der Waals surface area contributed by atoms with Crippen LogP contribution in [0.2, 0.25) is 0 Å². The molecule has 1 atom stereocenters. The molecule has 1 aromatic carbocycles. The van der Waals surface area contributed by atoms with E-state index in [2.05, 4.69) is 19.7 Å². The minimum absolute atomic E-state index is 0.0173. The number of ether oxygens (including phenoxy) is 1. The topological polar surface area (TPSA) is 60.8 Å². The Morgan fingerprint density at radius 2 is 1.79 bits per heavy atom. The van der Waals surface area contributed by atoms with Crippen molar-refractivity contribution in [2.75, 3.05) is 7.11 Å². The summed E-state index contributed by atoms with van der Waals surface area (Å²) in [6.07, 6.45) is -15.3. The lowest BCUT2D eigenvalue weighted by Crippen LogP contribution is -2.43. The van der Waals surface area contributed by atoms with E-state index in [4.69, 9.17) is 0 Å². The maximum absolute atomic E-state index is 14.1. The van der Waals surface area contributed by atoms with Crippen LogP contribution in [0.3, 0.4) is 0 Å². The van der Waals surface area contributed by atoms with Gasteiger partial charge >= 0.3 is 18.3 Å². The molecule has 13 heteroatoms. The van der Waals surface area contributed by atoms with E-state index in [1.54, 1.807) is 0 Å². The SMILES string of the molecule is COC(=O)c1ccc(C2=NOC(c3cc(C(F)(F)F)cc(C(F)F)n3)(C(F)(F)F)C2)cc1C. The third-order valence-corrected chi connectivity index (χ3v) is 4.96. The Balaban J connectivity index is 2.09. The lowest BCUT2D eigenvalue weighted by molar-refractivity contribution is -0.277. The van der Waals surface area contributed by atoms with Gasteiger partial charge in [0.2, 0.25) is 0 Å². The normalized spacial score (nSPS) is 18.8. The van der Waals surface area contributed by atoms with Crippen LogP contribution in [0.15, 0.2) is 35.5 Å². The van der Waals surface area contributed by atoms with Crippen LogP contribution < -0.4 is 0 Å². The molecule has 5 nitrogen and oxygen atoms in total. The van der Waals surface area contributed by atoms with Gasteiger partial charge in [0.05, 0.1) is 36.1 Å². The predicted molar refractivity (Wildman–Crippen MR) is 96.7 cm³/mol. The molecule has 0 saturated heterocycles. The average Bonchev–Trinajstić information content (AvgIpc) is 3.19. The number of oxime groups is 1. The van der Waals surface area contributed by atoms with Crippen LogP contribution in [-0.2, 0) is 21.4 Å². The number of aromatic nitrogens is 1. The number of carbonyl (C=O) groups excluding carboxylic acids is 1. The summed E-state index contributed by atoms with van der Waals surface area (Å²) in [5, 5.41) is 3.38. The fraction of sp³-hybridized carbons (Fsp3) is 0.350. The third-order valence-electron chi connectivity index (χ3n) is 4.96. The van der Waals surface area contributed by atoms with Gasteiger partial charge in [-0.25, -0.2) is 18.6 Å². The molecule has 1 unspecified atom stereocenters. The lowest BCUT2D eigenvalue weighted by atomic mass is 9.88. The predicted octanol–water partition coefficient (Wildman–Crippen LogP) is 5.72. The molecule has 2 aromatic rings. The van der Waals surface area contributed by atoms with Crippen molar-refractivity contribution in [1.29, 1.82) is 0 Å². The van der Waals surface area contributed by atoms with Crippen molar-refractivity contribution in [3.05, 3.63) is 64.0 Å². The van der Waals surface area contributed by atoms with Crippen molar-refractivity contribution < 1.29 is 49.5 Å². The van der Waals surface area contributed by atoms with E-state index in [9.17, 15) is 39.9 Å². The Morgan fingerprint density at radius 1 is 1.12 bits per heavy atom. The fourth-order valence-corrected chi connectivity index (χ4v) is 3.24. The van der Waals surface area contributed by atoms with Crippen molar-refractivity contribution in [1.82, 2.24) is 4.98 Å². The molecule has 0 fully saturated rings. The summed E-state index contributed by atoms with van der Waals surface area (Å²) in [5.41, 5.74) is -7.95. The molecular formula is C20H14F8N2O3. The minimum Gasteiger partial charge on any atom is -0.465 e. The van der Waals surface area contributed by atoms with Gasteiger partial charge < -0.3 is 9.57 Å². The van der Waals surface area contributed by atoms with Gasteiger partial charge in [-0.1, -0.05) is 11.2 Å². The molecule has 0 aliphatic carbocycles. The number of carbonyl (C=O) groups is 1. The molecule has 0 N–H and O–H groups in total. The zero-order valence-electron chi connectivity index (χ0n) is 16.8. The summed E-state index contributed by atoms with van der Waals surface area (Å²) >= 11 is 0. The quantitative estimate of drug-likeness (QED) is 0.414. The van der Waals surface area contributed by atoms with Crippen LogP contribution in [-0.4, -0.2) is 30.0 Å². The van der Waals surface area contributed by atoms with Gasteiger partial charge in [0.15, 0.2) is 0 Å². The van der Waals surface area contributed by atoms with Crippen molar-refractivity contribution >= 4 is 11.7 Å². The highest BCUT2D eigenvalue weighted by Crippen LogP contribution is 2.49. The molecule has 178 valence electrons. The molecule has 0 amide bonds. The number of nitrogens with zero attached hydrogens (tertiary/aromatic N) is 2. The van der Waals surface area contributed by atoms with E-state index in [1.165, 1.54) is 25.1 Å². The van der Waals surface area contributed by atoms with Crippen LogP contribution in [0.5, 0.6) is 0 Å². The molecule has 1 aromatic heterocycles. The maximum Gasteiger partial charge on any atom is 0.437 e. The molecule has 1 aliphatic heterocycles. The number of esters is 1. The summed E-state index contributed by atoms with van der Waals surface area (Å²) in [6.45, 7) is 1.48. The van der Waals surface area contributed by atoms with Gasteiger partial charge in [0, 0.05) is 0 Å². The van der Waals surface area contributed by atoms with E-state index >= 15 is 0 Å². The molecule has 3 rings (SSSR count). The lowest BCUT2D eigenvalue weighted by Gasteiger charge is -2.29. The molecule has 0 spiro atoms.